The van der Waals surface area contributed by atoms with E-state index in [1.807, 2.05) is 12.1 Å². The van der Waals surface area contributed by atoms with E-state index in [0.717, 1.165) is 4.70 Å². The van der Waals surface area contributed by atoms with Crippen molar-refractivity contribution in [3.63, 3.8) is 0 Å². The molecule has 3 aromatic rings. The van der Waals surface area contributed by atoms with Gasteiger partial charge in [0, 0.05) is 4.47 Å². The lowest BCUT2D eigenvalue weighted by molar-refractivity contribution is 0.0697. The second-order valence-electron chi connectivity index (χ2n) is 4.13. The summed E-state index contributed by atoms with van der Waals surface area (Å²) in [6.07, 6.45) is 0. The van der Waals surface area contributed by atoms with Crippen molar-refractivity contribution < 1.29 is 9.90 Å². The Labute approximate surface area is 126 Å². The van der Waals surface area contributed by atoms with Gasteiger partial charge in [-0.25, -0.2) is 8.75 Å². The quantitative estimate of drug-likeness (QED) is 0.769. The third-order valence-corrected chi connectivity index (χ3v) is 4.64. The Hall–Kier alpha value is -1.92. The van der Waals surface area contributed by atoms with E-state index in [-0.39, 0.29) is 11.1 Å². The highest BCUT2D eigenvalue weighted by Crippen LogP contribution is 2.28. The summed E-state index contributed by atoms with van der Waals surface area (Å²) in [5, 5.41) is 9.87. The van der Waals surface area contributed by atoms with Crippen LogP contribution in [0.4, 0.5) is 0 Å². The first kappa shape index (κ1) is 13.1. The van der Waals surface area contributed by atoms with Gasteiger partial charge in [0.05, 0.1) is 21.3 Å². The average molecular weight is 350 g/mol. The second-order valence-corrected chi connectivity index (χ2v) is 5.97. The first-order chi connectivity index (χ1) is 9.59. The largest absolute Gasteiger partial charge is 0.478 e. The summed E-state index contributed by atoms with van der Waals surface area (Å²) >= 11 is 4.56. The number of para-hydroxylation sites is 1. The summed E-state index contributed by atoms with van der Waals surface area (Å²) in [5.74, 6) is -1.06. The minimum absolute atomic E-state index is 0.0908. The maximum Gasteiger partial charge on any atom is 0.337 e. The van der Waals surface area contributed by atoms with Gasteiger partial charge in [-0.05, 0) is 40.2 Å². The van der Waals surface area contributed by atoms with E-state index in [2.05, 4.69) is 15.9 Å². The number of carboxylic acid groups (broad SMARTS) is 1. The van der Waals surface area contributed by atoms with Crippen LogP contribution in [0.15, 0.2) is 51.7 Å². The number of rotatable bonds is 2. The van der Waals surface area contributed by atoms with Crippen LogP contribution in [0.2, 0.25) is 0 Å². The van der Waals surface area contributed by atoms with E-state index in [1.54, 1.807) is 24.3 Å². The monoisotopic (exact) mass is 349 g/mol. The van der Waals surface area contributed by atoms with Crippen molar-refractivity contribution in [1.29, 1.82) is 0 Å². The molecule has 4 nitrogen and oxygen atoms in total. The number of carboxylic acids is 1. The van der Waals surface area contributed by atoms with Crippen molar-refractivity contribution >= 4 is 43.5 Å². The number of aromatic nitrogens is 1. The molecule has 0 fully saturated rings. The molecule has 0 aliphatic rings. The molecule has 0 amide bonds. The zero-order valence-corrected chi connectivity index (χ0v) is 12.4. The molecule has 6 heteroatoms. The Morgan fingerprint density at radius 2 is 1.90 bits per heavy atom. The van der Waals surface area contributed by atoms with E-state index in [0.29, 0.717) is 15.5 Å². The molecule has 0 atom stereocenters. The number of hydrogen-bond donors (Lipinski definition) is 1. The van der Waals surface area contributed by atoms with Gasteiger partial charge in [-0.1, -0.05) is 29.7 Å². The molecule has 0 saturated carbocycles. The van der Waals surface area contributed by atoms with Crippen LogP contribution in [0.5, 0.6) is 0 Å². The van der Waals surface area contributed by atoms with Crippen LogP contribution in [-0.2, 0) is 0 Å². The standard InChI is InChI=1S/C14H8BrNO3S/c15-10-6-3-5-9(14(18)19)12(10)16-13(17)8-4-1-2-7-11(8)20-16/h1-7H,(H,18,19). The normalized spacial score (nSPS) is 10.8. The van der Waals surface area contributed by atoms with Crippen LogP contribution in [0.3, 0.4) is 0 Å². The number of nitrogens with zero attached hydrogens (tertiary/aromatic N) is 1. The predicted octanol–water partition coefficient (Wildman–Crippen LogP) is 3.51. The van der Waals surface area contributed by atoms with Crippen LogP contribution < -0.4 is 5.56 Å². The van der Waals surface area contributed by atoms with Gasteiger partial charge >= 0.3 is 5.97 Å². The molecule has 1 N–H and O–H groups in total. The van der Waals surface area contributed by atoms with Crippen molar-refractivity contribution in [3.05, 3.63) is 62.9 Å². The van der Waals surface area contributed by atoms with Gasteiger partial charge in [0.2, 0.25) is 0 Å². The first-order valence-corrected chi connectivity index (χ1v) is 7.29. The van der Waals surface area contributed by atoms with Gasteiger partial charge < -0.3 is 5.11 Å². The Bertz CT molecular complexity index is 882. The lowest BCUT2D eigenvalue weighted by Gasteiger charge is -2.07. The summed E-state index contributed by atoms with van der Waals surface area (Å²) < 4.78 is 2.81. The van der Waals surface area contributed by atoms with Gasteiger partial charge in [0.1, 0.15) is 0 Å². The van der Waals surface area contributed by atoms with Crippen molar-refractivity contribution in [3.8, 4) is 5.69 Å². The molecule has 0 aliphatic carbocycles. The van der Waals surface area contributed by atoms with Crippen LogP contribution in [0.25, 0.3) is 15.8 Å². The van der Waals surface area contributed by atoms with Crippen LogP contribution >= 0.6 is 27.5 Å². The summed E-state index contributed by atoms with van der Waals surface area (Å²) in [4.78, 5) is 23.8. The van der Waals surface area contributed by atoms with E-state index >= 15 is 0 Å². The topological polar surface area (TPSA) is 59.3 Å². The molecule has 0 bridgehead atoms. The number of carbonyl (C=O) groups is 1. The third-order valence-electron chi connectivity index (χ3n) is 2.91. The zero-order chi connectivity index (χ0) is 14.3. The highest BCUT2D eigenvalue weighted by Gasteiger charge is 2.18. The zero-order valence-electron chi connectivity index (χ0n) is 10.0. The number of hydrogen-bond acceptors (Lipinski definition) is 3. The molecule has 20 heavy (non-hydrogen) atoms. The summed E-state index contributed by atoms with van der Waals surface area (Å²) in [6, 6.07) is 12.1. The third kappa shape index (κ3) is 1.97. The fourth-order valence-electron chi connectivity index (χ4n) is 2.01. The maximum atomic E-state index is 12.4. The summed E-state index contributed by atoms with van der Waals surface area (Å²) in [7, 11) is 0. The minimum atomic E-state index is -1.06. The minimum Gasteiger partial charge on any atom is -0.478 e. The molecule has 0 saturated heterocycles. The molecule has 1 heterocycles. The summed E-state index contributed by atoms with van der Waals surface area (Å²) in [5.41, 5.74) is 0.249. The Morgan fingerprint density at radius 3 is 2.60 bits per heavy atom. The molecular weight excluding hydrogens is 342 g/mol. The van der Waals surface area contributed by atoms with Gasteiger partial charge in [-0.2, -0.15) is 0 Å². The van der Waals surface area contributed by atoms with Gasteiger partial charge in [0.15, 0.2) is 0 Å². The molecule has 0 unspecified atom stereocenters. The molecule has 0 radical (unpaired) electrons. The molecule has 2 aromatic carbocycles. The number of fused-ring (bicyclic) bond motifs is 1. The van der Waals surface area contributed by atoms with E-state index in [4.69, 9.17) is 0 Å². The van der Waals surface area contributed by atoms with Crippen LogP contribution in [0.1, 0.15) is 10.4 Å². The fraction of sp³-hybridized carbons (Fsp3) is 0. The van der Waals surface area contributed by atoms with Gasteiger partial charge in [-0.15, -0.1) is 0 Å². The maximum absolute atomic E-state index is 12.4. The Balaban J connectivity index is 2.40. The lowest BCUT2D eigenvalue weighted by atomic mass is 10.2. The molecule has 1 aromatic heterocycles. The lowest BCUT2D eigenvalue weighted by Crippen LogP contribution is -2.15. The van der Waals surface area contributed by atoms with E-state index in [9.17, 15) is 14.7 Å². The average Bonchev–Trinajstić information content (AvgIpc) is 2.76. The summed E-state index contributed by atoms with van der Waals surface area (Å²) in [6.45, 7) is 0. The fourth-order valence-corrected chi connectivity index (χ4v) is 3.73. The molecule has 0 aliphatic heterocycles. The molecule has 0 spiro atoms. The van der Waals surface area contributed by atoms with E-state index in [1.165, 1.54) is 21.6 Å². The highest BCUT2D eigenvalue weighted by molar-refractivity contribution is 9.10. The molecular formula is C14H8BrNO3S. The van der Waals surface area contributed by atoms with Crippen molar-refractivity contribution in [2.45, 2.75) is 0 Å². The van der Waals surface area contributed by atoms with Crippen LogP contribution in [-0.4, -0.2) is 15.0 Å². The predicted molar refractivity (Wildman–Crippen MR) is 82.1 cm³/mol. The number of aromatic carboxylic acids is 1. The smallest absolute Gasteiger partial charge is 0.337 e. The van der Waals surface area contributed by atoms with Gasteiger partial charge in [0.25, 0.3) is 5.56 Å². The van der Waals surface area contributed by atoms with Crippen LogP contribution in [0, 0.1) is 0 Å². The number of halogens is 1. The van der Waals surface area contributed by atoms with Gasteiger partial charge in [-0.3, -0.25) is 4.79 Å². The first-order valence-electron chi connectivity index (χ1n) is 5.73. The molecule has 3 rings (SSSR count). The molecule has 100 valence electrons. The highest BCUT2D eigenvalue weighted by atomic mass is 79.9. The SMILES string of the molecule is O=C(O)c1cccc(Br)c1-n1sc2ccccc2c1=O. The Kier molecular flexibility index (Phi) is 3.19. The van der Waals surface area contributed by atoms with Crippen molar-refractivity contribution in [2.75, 3.05) is 0 Å². The van der Waals surface area contributed by atoms with E-state index < -0.39 is 5.97 Å². The second kappa shape index (κ2) is 4.88. The Morgan fingerprint density at radius 1 is 1.15 bits per heavy atom. The number of benzene rings is 2. The van der Waals surface area contributed by atoms with Crippen molar-refractivity contribution in [1.82, 2.24) is 3.96 Å². The van der Waals surface area contributed by atoms with Crippen molar-refractivity contribution in [2.24, 2.45) is 0 Å².